The second-order valence-electron chi connectivity index (χ2n) is 5.68. The van der Waals surface area contributed by atoms with E-state index in [-0.39, 0.29) is 0 Å². The predicted octanol–water partition coefficient (Wildman–Crippen LogP) is 4.02. The van der Waals surface area contributed by atoms with E-state index in [0.29, 0.717) is 37.6 Å². The van der Waals surface area contributed by atoms with E-state index < -0.39 is 12.0 Å². The summed E-state index contributed by atoms with van der Waals surface area (Å²) in [5.41, 5.74) is 1.00. The first-order chi connectivity index (χ1) is 12.1. The lowest BCUT2D eigenvalue weighted by Crippen LogP contribution is -2.40. The van der Waals surface area contributed by atoms with Crippen molar-refractivity contribution in [3.8, 4) is 11.5 Å². The number of nitrogens with zero attached hydrogens (tertiary/aromatic N) is 1. The van der Waals surface area contributed by atoms with E-state index >= 15 is 0 Å². The molecule has 0 aliphatic rings. The molecule has 1 atom stereocenters. The quantitative estimate of drug-likeness (QED) is 0.691. The molecule has 0 radical (unpaired) electrons. The number of likely N-dealkylation sites (N-methyl/N-ethyl adjacent to an activating group) is 1. The molecule has 0 aliphatic carbocycles. The normalized spacial score (nSPS) is 12.2. The number of rotatable bonds is 10. The maximum absolute atomic E-state index is 11.4. The fourth-order valence-corrected chi connectivity index (χ4v) is 3.36. The van der Waals surface area contributed by atoms with Gasteiger partial charge in [-0.05, 0) is 42.1 Å². The van der Waals surface area contributed by atoms with Crippen LogP contribution in [-0.4, -0.2) is 35.7 Å². The second-order valence-corrected chi connectivity index (χ2v) is 6.71. The smallest absolute Gasteiger partial charge is 0.320 e. The first-order valence-electron chi connectivity index (χ1n) is 8.38. The Kier molecular flexibility index (Phi) is 7.28. The van der Waals surface area contributed by atoms with E-state index in [1.54, 1.807) is 18.4 Å². The summed E-state index contributed by atoms with van der Waals surface area (Å²) in [6, 6.07) is 9.31. The van der Waals surface area contributed by atoms with Gasteiger partial charge in [-0.25, -0.2) is 0 Å². The molecule has 0 fully saturated rings. The largest absolute Gasteiger partial charge is 0.493 e. The van der Waals surface area contributed by atoms with E-state index in [1.165, 1.54) is 0 Å². The number of hydrogen-bond donors (Lipinski definition) is 1. The molecular weight excluding hydrogens is 338 g/mol. The Bertz CT molecular complexity index is 672. The van der Waals surface area contributed by atoms with E-state index in [9.17, 15) is 9.90 Å². The Labute approximate surface area is 152 Å². The molecule has 2 rings (SSSR count). The summed E-state index contributed by atoms with van der Waals surface area (Å²) in [5, 5.41) is 11.4. The number of hydrogen-bond acceptors (Lipinski definition) is 5. The van der Waals surface area contributed by atoms with Gasteiger partial charge in [-0.1, -0.05) is 26.0 Å². The van der Waals surface area contributed by atoms with Crippen LogP contribution in [0.4, 0.5) is 0 Å². The topological polar surface area (TPSA) is 59.0 Å². The number of methoxy groups -OCH3 is 1. The molecule has 136 valence electrons. The van der Waals surface area contributed by atoms with Gasteiger partial charge in [0.1, 0.15) is 12.6 Å². The number of benzene rings is 1. The number of ether oxygens (including phenoxy) is 2. The fourth-order valence-electron chi connectivity index (χ4n) is 2.74. The van der Waals surface area contributed by atoms with Crippen LogP contribution in [0.15, 0.2) is 35.7 Å². The molecule has 0 amide bonds. The molecule has 25 heavy (non-hydrogen) atoms. The molecule has 1 aromatic heterocycles. The van der Waals surface area contributed by atoms with Gasteiger partial charge in [0.15, 0.2) is 11.5 Å². The summed E-state index contributed by atoms with van der Waals surface area (Å²) >= 11 is 1.65. The number of thiophene rings is 1. The number of carbonyl (C=O) groups is 1. The van der Waals surface area contributed by atoms with E-state index in [2.05, 4.69) is 0 Å². The van der Waals surface area contributed by atoms with Crippen molar-refractivity contribution in [2.75, 3.05) is 13.7 Å². The third-order valence-corrected chi connectivity index (χ3v) is 4.93. The van der Waals surface area contributed by atoms with Crippen LogP contribution in [0.25, 0.3) is 0 Å². The fraction of sp³-hybridized carbons (Fsp3) is 0.421. The molecule has 1 unspecified atom stereocenters. The van der Waals surface area contributed by atoms with Crippen molar-refractivity contribution in [1.29, 1.82) is 0 Å². The zero-order valence-electron chi connectivity index (χ0n) is 14.9. The van der Waals surface area contributed by atoms with Crippen molar-refractivity contribution in [2.45, 2.75) is 39.5 Å². The van der Waals surface area contributed by atoms with Gasteiger partial charge in [0.05, 0.1) is 7.11 Å². The molecule has 0 bridgehead atoms. The highest BCUT2D eigenvalue weighted by atomic mass is 32.1. The van der Waals surface area contributed by atoms with Gasteiger partial charge in [-0.3, -0.25) is 9.69 Å². The third-order valence-electron chi connectivity index (χ3n) is 4.08. The number of carboxylic acids is 1. The molecule has 1 N–H and O–H groups in total. The predicted molar refractivity (Wildman–Crippen MR) is 99.4 cm³/mol. The molecule has 2 aromatic rings. The number of aliphatic carboxylic acids is 1. The van der Waals surface area contributed by atoms with Gasteiger partial charge < -0.3 is 14.6 Å². The van der Waals surface area contributed by atoms with Crippen LogP contribution in [0, 0.1) is 0 Å². The van der Waals surface area contributed by atoms with Gasteiger partial charge in [0.2, 0.25) is 0 Å². The van der Waals surface area contributed by atoms with E-state index in [4.69, 9.17) is 9.47 Å². The summed E-state index contributed by atoms with van der Waals surface area (Å²) < 4.78 is 11.3. The van der Waals surface area contributed by atoms with Crippen molar-refractivity contribution in [3.63, 3.8) is 0 Å². The monoisotopic (exact) mass is 363 g/mol. The highest BCUT2D eigenvalue weighted by Gasteiger charge is 2.22. The van der Waals surface area contributed by atoms with E-state index in [1.807, 2.05) is 54.5 Å². The Morgan fingerprint density at radius 2 is 2.08 bits per heavy atom. The van der Waals surface area contributed by atoms with Crippen LogP contribution in [0.1, 0.15) is 30.7 Å². The molecule has 6 heteroatoms. The lowest BCUT2D eigenvalue weighted by molar-refractivity contribution is -0.143. The lowest BCUT2D eigenvalue weighted by atomic mass is 10.1. The maximum Gasteiger partial charge on any atom is 0.320 e. The Balaban J connectivity index is 2.10. The SMILES string of the molecule is CCC(C(=O)O)N(CC)Cc1ccc(OCc2cccs2)c(OC)c1. The average Bonchev–Trinajstić information content (AvgIpc) is 3.13. The van der Waals surface area contributed by atoms with Crippen molar-refractivity contribution < 1.29 is 19.4 Å². The van der Waals surface area contributed by atoms with Crippen LogP contribution >= 0.6 is 11.3 Å². The second kappa shape index (κ2) is 9.44. The summed E-state index contributed by atoms with van der Waals surface area (Å²) in [7, 11) is 1.61. The van der Waals surface area contributed by atoms with Crippen LogP contribution in [-0.2, 0) is 17.9 Å². The van der Waals surface area contributed by atoms with Crippen LogP contribution in [0.3, 0.4) is 0 Å². The minimum absolute atomic E-state index is 0.481. The highest BCUT2D eigenvalue weighted by molar-refractivity contribution is 7.09. The zero-order chi connectivity index (χ0) is 18.2. The highest BCUT2D eigenvalue weighted by Crippen LogP contribution is 2.30. The van der Waals surface area contributed by atoms with Crippen LogP contribution in [0.5, 0.6) is 11.5 Å². The molecular formula is C19H25NO4S. The maximum atomic E-state index is 11.4. The summed E-state index contributed by atoms with van der Waals surface area (Å²) in [4.78, 5) is 14.5. The average molecular weight is 363 g/mol. The van der Waals surface area contributed by atoms with Crippen molar-refractivity contribution in [3.05, 3.63) is 46.2 Å². The minimum Gasteiger partial charge on any atom is -0.493 e. The van der Waals surface area contributed by atoms with Crippen LogP contribution in [0.2, 0.25) is 0 Å². The first-order valence-corrected chi connectivity index (χ1v) is 9.25. The van der Waals surface area contributed by atoms with Crippen molar-refractivity contribution >= 4 is 17.3 Å². The number of carboxylic acid groups (broad SMARTS) is 1. The van der Waals surface area contributed by atoms with Gasteiger partial charge in [-0.15, -0.1) is 11.3 Å². The summed E-state index contributed by atoms with van der Waals surface area (Å²) in [5.74, 6) is 0.564. The van der Waals surface area contributed by atoms with Gasteiger partial charge in [0, 0.05) is 11.4 Å². The molecule has 0 spiro atoms. The van der Waals surface area contributed by atoms with Gasteiger partial charge >= 0.3 is 5.97 Å². The van der Waals surface area contributed by atoms with Crippen molar-refractivity contribution in [1.82, 2.24) is 4.90 Å². The molecule has 0 saturated carbocycles. The van der Waals surface area contributed by atoms with Gasteiger partial charge in [-0.2, -0.15) is 0 Å². The summed E-state index contributed by atoms with van der Waals surface area (Å²) in [6.07, 6.45) is 0.572. The van der Waals surface area contributed by atoms with Crippen molar-refractivity contribution in [2.24, 2.45) is 0 Å². The standard InChI is InChI=1S/C19H25NO4S/c1-4-16(19(21)22)20(5-2)12-14-8-9-17(18(11-14)23-3)24-13-15-7-6-10-25-15/h6-11,16H,4-5,12-13H2,1-3H3,(H,21,22). The minimum atomic E-state index is -0.785. The summed E-state index contributed by atoms with van der Waals surface area (Å²) in [6.45, 7) is 5.60. The molecule has 1 heterocycles. The lowest BCUT2D eigenvalue weighted by Gasteiger charge is -2.27. The molecule has 5 nitrogen and oxygen atoms in total. The first kappa shape index (κ1) is 19.3. The molecule has 0 aliphatic heterocycles. The van der Waals surface area contributed by atoms with Crippen LogP contribution < -0.4 is 9.47 Å². The Morgan fingerprint density at radius 1 is 1.28 bits per heavy atom. The Morgan fingerprint density at radius 3 is 2.64 bits per heavy atom. The molecule has 0 saturated heterocycles. The third kappa shape index (κ3) is 5.21. The van der Waals surface area contributed by atoms with Gasteiger partial charge in [0.25, 0.3) is 0 Å². The molecule has 1 aromatic carbocycles. The van der Waals surface area contributed by atoms with E-state index in [0.717, 1.165) is 10.4 Å². The zero-order valence-corrected chi connectivity index (χ0v) is 15.7. The Hall–Kier alpha value is -2.05.